The molecule has 7 heteroatoms. The number of amides is 1. The van der Waals surface area contributed by atoms with Gasteiger partial charge in [-0.1, -0.05) is 39.0 Å². The van der Waals surface area contributed by atoms with Gasteiger partial charge in [-0.15, -0.1) is 5.10 Å². The minimum atomic E-state index is -0.170. The van der Waals surface area contributed by atoms with Gasteiger partial charge in [0.15, 0.2) is 0 Å². The van der Waals surface area contributed by atoms with E-state index in [2.05, 4.69) is 53.7 Å². The molecule has 0 fully saturated rings. The van der Waals surface area contributed by atoms with Crippen molar-refractivity contribution in [2.45, 2.75) is 26.2 Å². The second-order valence-corrected chi connectivity index (χ2v) is 7.18. The van der Waals surface area contributed by atoms with Crippen LogP contribution >= 0.6 is 0 Å². The summed E-state index contributed by atoms with van der Waals surface area (Å²) in [4.78, 5) is 12.3. The van der Waals surface area contributed by atoms with Crippen LogP contribution in [-0.4, -0.2) is 39.3 Å². The van der Waals surface area contributed by atoms with Crippen molar-refractivity contribution >= 4 is 5.91 Å². The highest BCUT2D eigenvalue weighted by Crippen LogP contribution is 2.24. The molecule has 0 aliphatic heterocycles. The molecule has 3 rings (SSSR count). The van der Waals surface area contributed by atoms with Crippen molar-refractivity contribution in [3.05, 3.63) is 66.0 Å². The lowest BCUT2D eigenvalue weighted by atomic mass is 9.87. The number of carbonyl (C=O) groups is 1. The van der Waals surface area contributed by atoms with Crippen molar-refractivity contribution in [1.82, 2.24) is 25.5 Å². The number of aromatic nitrogens is 4. The summed E-state index contributed by atoms with van der Waals surface area (Å²) in [7, 11) is 0. The average Bonchev–Trinajstić information content (AvgIpc) is 3.20. The molecule has 0 radical (unpaired) electrons. The predicted molar refractivity (Wildman–Crippen MR) is 102 cm³/mol. The molecule has 0 atom stereocenters. The van der Waals surface area contributed by atoms with Crippen LogP contribution in [0.25, 0.3) is 5.69 Å². The molecule has 0 saturated carbocycles. The van der Waals surface area contributed by atoms with Gasteiger partial charge in [0.25, 0.3) is 5.91 Å². The first-order valence-corrected chi connectivity index (χ1v) is 8.78. The average molecular weight is 365 g/mol. The number of nitrogens with one attached hydrogen (secondary N) is 1. The van der Waals surface area contributed by atoms with Gasteiger partial charge in [0.05, 0.1) is 12.2 Å². The van der Waals surface area contributed by atoms with Crippen LogP contribution in [0.3, 0.4) is 0 Å². The molecule has 0 aliphatic carbocycles. The third-order valence-electron chi connectivity index (χ3n) is 4.10. The Labute approximate surface area is 158 Å². The summed E-state index contributed by atoms with van der Waals surface area (Å²) in [5.41, 5.74) is 2.63. The van der Waals surface area contributed by atoms with Gasteiger partial charge in [0.2, 0.25) is 0 Å². The van der Waals surface area contributed by atoms with Gasteiger partial charge < -0.3 is 10.1 Å². The van der Waals surface area contributed by atoms with Crippen LogP contribution in [0.5, 0.6) is 5.75 Å². The fourth-order valence-corrected chi connectivity index (χ4v) is 2.56. The zero-order valence-corrected chi connectivity index (χ0v) is 15.7. The summed E-state index contributed by atoms with van der Waals surface area (Å²) in [6, 6.07) is 15.1. The summed E-state index contributed by atoms with van der Waals surface area (Å²) < 4.78 is 7.20. The third kappa shape index (κ3) is 4.91. The van der Waals surface area contributed by atoms with E-state index in [-0.39, 0.29) is 11.3 Å². The fraction of sp³-hybridized carbons (Fsp3) is 0.300. The van der Waals surface area contributed by atoms with E-state index < -0.39 is 0 Å². The van der Waals surface area contributed by atoms with Crippen molar-refractivity contribution in [2.75, 3.05) is 13.2 Å². The van der Waals surface area contributed by atoms with Gasteiger partial charge in [-0.25, -0.2) is 4.68 Å². The SMILES string of the molecule is CC(C)(C)c1ccc(OCCNC(=O)c2cccc(-n3cnnn3)c2)cc1. The summed E-state index contributed by atoms with van der Waals surface area (Å²) in [6.45, 7) is 7.33. The van der Waals surface area contributed by atoms with E-state index >= 15 is 0 Å². The second kappa shape index (κ2) is 7.99. The van der Waals surface area contributed by atoms with Gasteiger partial charge >= 0.3 is 0 Å². The van der Waals surface area contributed by atoms with Crippen LogP contribution in [0.15, 0.2) is 54.9 Å². The number of ether oxygens (including phenoxy) is 1. The molecule has 1 N–H and O–H groups in total. The van der Waals surface area contributed by atoms with Gasteiger partial charge in [0, 0.05) is 5.56 Å². The number of tetrazole rings is 1. The van der Waals surface area contributed by atoms with Gasteiger partial charge in [0.1, 0.15) is 18.7 Å². The molecule has 1 amide bonds. The quantitative estimate of drug-likeness (QED) is 0.679. The fourth-order valence-electron chi connectivity index (χ4n) is 2.56. The number of carbonyl (C=O) groups excluding carboxylic acids is 1. The highest BCUT2D eigenvalue weighted by atomic mass is 16.5. The Morgan fingerprint density at radius 1 is 1.15 bits per heavy atom. The number of nitrogens with zero attached hydrogens (tertiary/aromatic N) is 4. The monoisotopic (exact) mass is 365 g/mol. The molecular formula is C20H23N5O2. The number of hydrogen-bond acceptors (Lipinski definition) is 5. The summed E-state index contributed by atoms with van der Waals surface area (Å²) in [5, 5.41) is 13.9. The molecule has 1 heterocycles. The molecule has 0 bridgehead atoms. The molecule has 0 unspecified atom stereocenters. The Morgan fingerprint density at radius 2 is 1.93 bits per heavy atom. The Hall–Kier alpha value is -3.22. The first-order chi connectivity index (χ1) is 12.9. The van der Waals surface area contributed by atoms with Crippen molar-refractivity contribution in [3.8, 4) is 11.4 Å². The van der Waals surface area contributed by atoms with E-state index in [0.717, 1.165) is 11.4 Å². The number of rotatable bonds is 6. The highest BCUT2D eigenvalue weighted by Gasteiger charge is 2.13. The maximum Gasteiger partial charge on any atom is 0.251 e. The molecular weight excluding hydrogens is 342 g/mol. The van der Waals surface area contributed by atoms with Crippen LogP contribution in [0.1, 0.15) is 36.7 Å². The number of benzene rings is 2. The minimum Gasteiger partial charge on any atom is -0.492 e. The normalized spacial score (nSPS) is 11.2. The van der Waals surface area contributed by atoms with E-state index in [4.69, 9.17) is 4.74 Å². The Morgan fingerprint density at radius 3 is 2.59 bits per heavy atom. The third-order valence-corrected chi connectivity index (χ3v) is 4.10. The molecule has 0 spiro atoms. The highest BCUT2D eigenvalue weighted by molar-refractivity contribution is 5.94. The first-order valence-electron chi connectivity index (χ1n) is 8.78. The number of hydrogen-bond donors (Lipinski definition) is 1. The van der Waals surface area contributed by atoms with E-state index in [0.29, 0.717) is 18.7 Å². The van der Waals surface area contributed by atoms with Crippen LogP contribution in [-0.2, 0) is 5.41 Å². The van der Waals surface area contributed by atoms with E-state index in [1.54, 1.807) is 18.2 Å². The zero-order valence-electron chi connectivity index (χ0n) is 15.7. The van der Waals surface area contributed by atoms with Crippen molar-refractivity contribution < 1.29 is 9.53 Å². The smallest absolute Gasteiger partial charge is 0.251 e. The zero-order chi connectivity index (χ0) is 19.3. The van der Waals surface area contributed by atoms with E-state index in [1.807, 2.05) is 18.2 Å². The Bertz CT molecular complexity index is 883. The van der Waals surface area contributed by atoms with Crippen molar-refractivity contribution in [2.24, 2.45) is 0 Å². The predicted octanol–water partition coefficient (Wildman–Crippen LogP) is 2.77. The lowest BCUT2D eigenvalue weighted by Crippen LogP contribution is -2.28. The Kier molecular flexibility index (Phi) is 5.49. The molecule has 140 valence electrons. The maximum atomic E-state index is 12.3. The molecule has 1 aromatic heterocycles. The first kappa shape index (κ1) is 18.6. The summed E-state index contributed by atoms with van der Waals surface area (Å²) in [5.74, 6) is 0.620. The molecule has 7 nitrogen and oxygen atoms in total. The van der Waals surface area contributed by atoms with E-state index in [9.17, 15) is 4.79 Å². The lowest BCUT2D eigenvalue weighted by Gasteiger charge is -2.19. The molecule has 3 aromatic rings. The van der Waals surface area contributed by atoms with Crippen LogP contribution < -0.4 is 10.1 Å². The van der Waals surface area contributed by atoms with Gasteiger partial charge in [-0.3, -0.25) is 4.79 Å². The van der Waals surface area contributed by atoms with Gasteiger partial charge in [-0.2, -0.15) is 0 Å². The Balaban J connectivity index is 1.49. The van der Waals surface area contributed by atoms with Crippen molar-refractivity contribution in [1.29, 1.82) is 0 Å². The van der Waals surface area contributed by atoms with Crippen LogP contribution in [0.2, 0.25) is 0 Å². The standard InChI is InChI=1S/C20H23N5O2/c1-20(2,3)16-7-9-18(10-8-16)27-12-11-21-19(26)15-5-4-6-17(13-15)25-14-22-23-24-25/h4-10,13-14H,11-12H2,1-3H3,(H,21,26). The molecule has 0 saturated heterocycles. The minimum absolute atomic E-state index is 0.114. The topological polar surface area (TPSA) is 81.9 Å². The molecule has 0 aliphatic rings. The maximum absolute atomic E-state index is 12.3. The largest absolute Gasteiger partial charge is 0.492 e. The van der Waals surface area contributed by atoms with Crippen LogP contribution in [0, 0.1) is 0 Å². The van der Waals surface area contributed by atoms with Crippen LogP contribution in [0.4, 0.5) is 0 Å². The summed E-state index contributed by atoms with van der Waals surface area (Å²) in [6.07, 6.45) is 1.48. The lowest BCUT2D eigenvalue weighted by molar-refractivity contribution is 0.0947. The second-order valence-electron chi connectivity index (χ2n) is 7.18. The molecule has 2 aromatic carbocycles. The van der Waals surface area contributed by atoms with Crippen molar-refractivity contribution in [3.63, 3.8) is 0 Å². The van der Waals surface area contributed by atoms with E-state index in [1.165, 1.54) is 16.6 Å². The summed E-state index contributed by atoms with van der Waals surface area (Å²) >= 11 is 0. The van der Waals surface area contributed by atoms with Gasteiger partial charge in [-0.05, 0) is 51.7 Å². The molecule has 27 heavy (non-hydrogen) atoms.